The summed E-state index contributed by atoms with van der Waals surface area (Å²) in [7, 11) is -1.18. The Balaban J connectivity index is -0.000000106. The van der Waals surface area contributed by atoms with Gasteiger partial charge in [0.2, 0.25) is 0 Å². The van der Waals surface area contributed by atoms with Crippen molar-refractivity contribution in [2.75, 3.05) is 6.61 Å². The fourth-order valence-electron chi connectivity index (χ4n) is 3.31. The molecule has 198 valence electrons. The molecule has 1 N–H and O–H groups in total. The van der Waals surface area contributed by atoms with E-state index in [2.05, 4.69) is 71.4 Å². The van der Waals surface area contributed by atoms with Crippen molar-refractivity contribution in [3.05, 3.63) is 75.8 Å². The fraction of sp³-hybridized carbons (Fsp3) is 0.440. The smallest absolute Gasteiger partial charge is 0 e. The van der Waals surface area contributed by atoms with Crippen molar-refractivity contribution < 1.29 is 71.3 Å². The van der Waals surface area contributed by atoms with Crippen molar-refractivity contribution in [2.45, 2.75) is 63.1 Å². The van der Waals surface area contributed by atoms with Crippen LogP contribution in [0, 0.1) is 51.7 Å². The van der Waals surface area contributed by atoms with Gasteiger partial charge in [-0.3, -0.25) is 0 Å². The summed E-state index contributed by atoms with van der Waals surface area (Å²) in [6, 6.07) is 11.0. The Morgan fingerprint density at radius 3 is 1.69 bits per heavy atom. The van der Waals surface area contributed by atoms with E-state index in [0.717, 1.165) is 31.4 Å². The maximum absolute atomic E-state index is 10.2. The van der Waals surface area contributed by atoms with Gasteiger partial charge in [0.15, 0.2) is 0 Å². The van der Waals surface area contributed by atoms with Gasteiger partial charge in [0.1, 0.15) is 6.10 Å². The molecule has 1 aromatic carbocycles. The summed E-state index contributed by atoms with van der Waals surface area (Å²) >= 11 is 0. The van der Waals surface area contributed by atoms with Crippen molar-refractivity contribution in [1.82, 2.24) is 0 Å². The van der Waals surface area contributed by atoms with Crippen LogP contribution in [0.3, 0.4) is 0 Å². The number of aliphatic hydroxyl groups excluding tert-OH is 1. The van der Waals surface area contributed by atoms with Gasteiger partial charge >= 0.3 is 67.8 Å². The van der Waals surface area contributed by atoms with E-state index in [-0.39, 0.29) is 39.2 Å². The maximum atomic E-state index is 10.2. The van der Waals surface area contributed by atoms with Gasteiger partial charge in [-0.25, -0.2) is 0 Å². The standard InChI is InChI=1S/C19H28O2Si.6CO.2Co/c1-22(2,3)16-19(13-7-15-21-19)14-12-18(20)11-10-17-8-5-4-6-9-17;6*1-2;;/h4-6,8-9,18,20H,7,12-16H2,1-3H3;;;;;;;;. The minimum absolute atomic E-state index is 0. The molecule has 1 heterocycles. The average molecular weight is 602 g/mol. The Bertz CT molecular complexity index is 733. The van der Waals surface area contributed by atoms with E-state index in [0.29, 0.717) is 6.42 Å². The minimum Gasteiger partial charge on any atom is 0 e. The van der Waals surface area contributed by atoms with Gasteiger partial charge in [-0.1, -0.05) is 49.7 Å². The number of hydrogen-bond acceptors (Lipinski definition) is 2. The molecule has 1 saturated heterocycles. The normalized spacial score (nSPS) is 14.3. The van der Waals surface area contributed by atoms with E-state index in [1.54, 1.807) is 0 Å². The summed E-state index contributed by atoms with van der Waals surface area (Å²) in [5.74, 6) is 6.01. The van der Waals surface area contributed by atoms with E-state index >= 15 is 0 Å². The van der Waals surface area contributed by atoms with Crippen molar-refractivity contribution >= 4 is 8.07 Å². The first-order chi connectivity index (χ1) is 16.4. The second kappa shape index (κ2) is 37.9. The topological polar surface area (TPSA) is 149 Å². The molecule has 0 spiro atoms. The molecule has 1 aliphatic heterocycles. The number of rotatable bonds is 5. The average Bonchev–Trinajstić information content (AvgIpc) is 3.36. The third-order valence-electron chi connectivity index (χ3n) is 4.07. The molecular formula is C25H28Co2O8Si. The molecule has 2 rings (SSSR count). The third-order valence-corrected chi connectivity index (χ3v) is 5.77. The van der Waals surface area contributed by atoms with Crippen LogP contribution in [0.15, 0.2) is 30.3 Å². The maximum Gasteiger partial charge on any atom is 0 e. The quantitative estimate of drug-likeness (QED) is 0.236. The van der Waals surface area contributed by atoms with Crippen LogP contribution in [0.25, 0.3) is 0 Å². The molecule has 2 atom stereocenters. The van der Waals surface area contributed by atoms with Gasteiger partial charge < -0.3 is 9.84 Å². The number of hydrogen-bond donors (Lipinski definition) is 1. The fourth-order valence-corrected chi connectivity index (χ4v) is 5.70. The Hall–Kier alpha value is -1.63. The van der Waals surface area contributed by atoms with Crippen LogP contribution >= 0.6 is 0 Å². The van der Waals surface area contributed by atoms with Gasteiger partial charge in [0.25, 0.3) is 0 Å². The molecule has 0 aliphatic carbocycles. The summed E-state index contributed by atoms with van der Waals surface area (Å²) < 4.78 is 51.1. The van der Waals surface area contributed by atoms with Crippen molar-refractivity contribution in [3.63, 3.8) is 0 Å². The van der Waals surface area contributed by atoms with E-state index in [1.807, 2.05) is 30.3 Å². The molecule has 0 bridgehead atoms. The van der Waals surface area contributed by atoms with E-state index < -0.39 is 14.2 Å². The molecule has 0 aromatic heterocycles. The molecular weight excluding hydrogens is 574 g/mol. The second-order valence-corrected chi connectivity index (χ2v) is 13.0. The third kappa shape index (κ3) is 30.4. The molecule has 1 aliphatic rings. The molecule has 8 nitrogen and oxygen atoms in total. The van der Waals surface area contributed by atoms with E-state index in [9.17, 15) is 5.11 Å². The van der Waals surface area contributed by atoms with Crippen LogP contribution < -0.4 is 0 Å². The Morgan fingerprint density at radius 1 is 0.889 bits per heavy atom. The summed E-state index contributed by atoms with van der Waals surface area (Å²) in [5, 5.41) is 10.2. The predicted molar refractivity (Wildman–Crippen MR) is 118 cm³/mol. The number of benzene rings is 1. The zero-order chi connectivity index (χ0) is 28.1. The monoisotopic (exact) mass is 602 g/mol. The molecule has 2 unspecified atom stereocenters. The molecule has 2 radical (unpaired) electrons. The van der Waals surface area contributed by atoms with Crippen LogP contribution in [-0.2, 0) is 66.2 Å². The second-order valence-electron chi connectivity index (χ2n) is 7.56. The SMILES string of the molecule is C[Si](C)(C)CC1(CCC(O)C#Cc2ccccc2)CCCO1.[C-]#[O+].[C-]#[O+].[C-]#[O+].[C-]#[O+].[C-]#[O+].[C-]#[O+].[Co].[Co]. The van der Waals surface area contributed by atoms with Gasteiger partial charge in [-0.05, 0) is 43.9 Å². The first-order valence-corrected chi connectivity index (χ1v) is 13.2. The Labute approximate surface area is 236 Å². The summed E-state index contributed by atoms with van der Waals surface area (Å²) in [5.41, 5.74) is 0.954. The molecule has 11 heteroatoms. The van der Waals surface area contributed by atoms with Gasteiger partial charge in [0.05, 0.1) is 5.60 Å². The summed E-state index contributed by atoms with van der Waals surface area (Å²) in [6.45, 7) is 35.0. The van der Waals surface area contributed by atoms with Crippen molar-refractivity contribution in [2.24, 2.45) is 0 Å². The number of ether oxygens (including phenoxy) is 1. The zero-order valence-corrected chi connectivity index (χ0v) is 23.3. The molecule has 1 fully saturated rings. The van der Waals surface area contributed by atoms with Gasteiger partial charge in [-0.2, -0.15) is 0 Å². The molecule has 0 amide bonds. The van der Waals surface area contributed by atoms with Crippen molar-refractivity contribution in [3.8, 4) is 11.8 Å². The Kier molecular flexibility index (Phi) is 53.8. The Morgan fingerprint density at radius 2 is 1.33 bits per heavy atom. The van der Waals surface area contributed by atoms with Crippen LogP contribution in [0.2, 0.25) is 25.7 Å². The first kappa shape index (κ1) is 51.1. The van der Waals surface area contributed by atoms with E-state index in [1.165, 1.54) is 6.04 Å². The molecule has 1 aromatic rings. The van der Waals surface area contributed by atoms with Crippen LogP contribution in [0.4, 0.5) is 0 Å². The van der Waals surface area contributed by atoms with Crippen molar-refractivity contribution in [1.29, 1.82) is 0 Å². The summed E-state index contributed by atoms with van der Waals surface area (Å²) in [6.07, 6.45) is 3.33. The van der Waals surface area contributed by atoms with E-state index in [4.69, 9.17) is 32.6 Å². The summed E-state index contributed by atoms with van der Waals surface area (Å²) in [4.78, 5) is 0. The van der Waals surface area contributed by atoms with Gasteiger partial charge in [0, 0.05) is 53.8 Å². The number of aliphatic hydroxyl groups is 1. The van der Waals surface area contributed by atoms with Crippen LogP contribution in [-0.4, -0.2) is 31.5 Å². The first-order valence-electron chi connectivity index (χ1n) is 9.50. The predicted octanol–water partition coefficient (Wildman–Crippen LogP) is 3.84. The van der Waals surface area contributed by atoms with Crippen LogP contribution in [0.5, 0.6) is 0 Å². The minimum atomic E-state index is -1.18. The zero-order valence-electron chi connectivity index (χ0n) is 20.2. The van der Waals surface area contributed by atoms with Crippen LogP contribution in [0.1, 0.15) is 31.2 Å². The largest absolute Gasteiger partial charge is 0 e. The molecule has 36 heavy (non-hydrogen) atoms. The molecule has 0 saturated carbocycles. The van der Waals surface area contributed by atoms with Gasteiger partial charge in [-0.15, -0.1) is 0 Å².